The minimum Gasteiger partial charge on any atom is -0.409 e. The lowest BCUT2D eigenvalue weighted by Crippen LogP contribution is -2.54. The Kier molecular flexibility index (Phi) is 6.10. The van der Waals surface area contributed by atoms with Crippen LogP contribution >= 0.6 is 11.6 Å². The van der Waals surface area contributed by atoms with Crippen molar-refractivity contribution in [2.24, 2.45) is 0 Å². The molecule has 2 heterocycles. The average Bonchev–Trinajstić information content (AvgIpc) is 2.63. The summed E-state index contributed by atoms with van der Waals surface area (Å²) in [7, 11) is 0. The summed E-state index contributed by atoms with van der Waals surface area (Å²) >= 11 is 5.98. The topological polar surface area (TPSA) is 45.7 Å². The zero-order valence-electron chi connectivity index (χ0n) is 15.1. The Labute approximate surface area is 165 Å². The normalized spacial score (nSPS) is 18.2. The predicted molar refractivity (Wildman–Crippen MR) is 98.2 cm³/mol. The summed E-state index contributed by atoms with van der Waals surface area (Å²) in [5, 5.41) is -0.277. The maximum absolute atomic E-state index is 13.0. The highest BCUT2D eigenvalue weighted by Gasteiger charge is 2.34. The Balaban J connectivity index is 1.62. The van der Waals surface area contributed by atoms with E-state index in [9.17, 15) is 18.0 Å². The molecule has 9 heteroatoms. The lowest BCUT2D eigenvalue weighted by molar-refractivity contribution is -0.137. The molecule has 1 unspecified atom stereocenters. The summed E-state index contributed by atoms with van der Waals surface area (Å²) in [5.74, 6) is 0.359. The molecular formula is C19H19ClF3N3O2. The maximum atomic E-state index is 13.0. The number of hydrogen-bond acceptors (Lipinski definition) is 4. The van der Waals surface area contributed by atoms with E-state index in [-0.39, 0.29) is 17.6 Å². The van der Waals surface area contributed by atoms with E-state index >= 15 is 0 Å². The third-order valence-corrected chi connectivity index (χ3v) is 5.01. The van der Waals surface area contributed by atoms with Gasteiger partial charge in [-0.05, 0) is 30.7 Å². The zero-order valence-corrected chi connectivity index (χ0v) is 15.9. The van der Waals surface area contributed by atoms with Crippen LogP contribution in [0.25, 0.3) is 0 Å². The zero-order chi connectivity index (χ0) is 20.3. The van der Waals surface area contributed by atoms with E-state index in [0.29, 0.717) is 30.9 Å². The van der Waals surface area contributed by atoms with Crippen LogP contribution in [0.1, 0.15) is 18.1 Å². The number of nitrogens with zero attached hydrogens (tertiary/aromatic N) is 3. The molecule has 1 saturated heterocycles. The van der Waals surface area contributed by atoms with Crippen LogP contribution in [0.4, 0.5) is 18.0 Å². The fourth-order valence-corrected chi connectivity index (χ4v) is 3.47. The Hall–Kier alpha value is -2.32. The Morgan fingerprint density at radius 1 is 1.29 bits per heavy atom. The second kappa shape index (κ2) is 8.36. The minimum absolute atomic E-state index is 0.164. The number of alkyl halides is 3. The Morgan fingerprint density at radius 3 is 2.71 bits per heavy atom. The molecule has 0 saturated carbocycles. The maximum Gasteiger partial charge on any atom is 0.417 e. The number of aromatic nitrogens is 1. The molecule has 0 radical (unpaired) electrons. The van der Waals surface area contributed by atoms with Crippen LogP contribution in [-0.4, -0.2) is 46.6 Å². The first-order valence-corrected chi connectivity index (χ1v) is 9.09. The smallest absolute Gasteiger partial charge is 0.409 e. The molecular weight excluding hydrogens is 395 g/mol. The van der Waals surface area contributed by atoms with Crippen molar-refractivity contribution >= 4 is 17.7 Å². The number of amides is 1. The molecule has 0 N–H and O–H groups in total. The molecule has 1 atom stereocenters. The van der Waals surface area contributed by atoms with Gasteiger partial charge in [-0.15, -0.1) is 0 Å². The summed E-state index contributed by atoms with van der Waals surface area (Å²) in [5.41, 5.74) is -0.423. The third kappa shape index (κ3) is 4.74. The number of carbonyl (C=O) groups is 1. The average molecular weight is 414 g/mol. The molecule has 1 aliphatic heterocycles. The van der Waals surface area contributed by atoms with Gasteiger partial charge in [-0.3, -0.25) is 9.88 Å². The number of rotatable bonds is 3. The first-order valence-electron chi connectivity index (χ1n) is 8.71. The van der Waals surface area contributed by atoms with E-state index in [1.165, 1.54) is 12.3 Å². The van der Waals surface area contributed by atoms with Gasteiger partial charge >= 0.3 is 12.3 Å². The Morgan fingerprint density at radius 2 is 2.07 bits per heavy atom. The molecule has 1 amide bonds. The van der Waals surface area contributed by atoms with Crippen molar-refractivity contribution in [1.82, 2.24) is 14.8 Å². The molecule has 3 rings (SSSR count). The van der Waals surface area contributed by atoms with E-state index in [0.717, 1.165) is 6.07 Å². The summed E-state index contributed by atoms with van der Waals surface area (Å²) in [4.78, 5) is 19.8. The number of halogens is 4. The van der Waals surface area contributed by atoms with Crippen molar-refractivity contribution in [3.63, 3.8) is 0 Å². The number of hydrogen-bond donors (Lipinski definition) is 0. The first kappa shape index (κ1) is 20.4. The van der Waals surface area contributed by atoms with Crippen LogP contribution < -0.4 is 4.74 Å². The lowest BCUT2D eigenvalue weighted by Gasteiger charge is -2.39. The summed E-state index contributed by atoms with van der Waals surface area (Å²) < 4.78 is 44.4. The molecule has 1 aromatic carbocycles. The van der Waals surface area contributed by atoms with Crippen LogP contribution in [0.3, 0.4) is 0 Å². The van der Waals surface area contributed by atoms with Crippen LogP contribution in [0, 0.1) is 0 Å². The summed E-state index contributed by atoms with van der Waals surface area (Å²) in [6, 6.07) is 7.06. The van der Waals surface area contributed by atoms with E-state index in [2.05, 4.69) is 4.98 Å². The van der Waals surface area contributed by atoms with E-state index in [1.807, 2.05) is 11.8 Å². The highest BCUT2D eigenvalue weighted by Crippen LogP contribution is 2.36. The fraction of sp³-hybridized carbons (Fsp3) is 0.368. The molecule has 28 heavy (non-hydrogen) atoms. The number of carbonyl (C=O) groups excluding carboxylic acids is 1. The number of piperazine rings is 1. The van der Waals surface area contributed by atoms with Gasteiger partial charge in [0.05, 0.1) is 16.8 Å². The molecule has 0 spiro atoms. The number of pyridine rings is 1. The van der Waals surface area contributed by atoms with Crippen molar-refractivity contribution in [2.45, 2.75) is 25.7 Å². The summed E-state index contributed by atoms with van der Waals surface area (Å²) in [6.45, 7) is 3.54. The van der Waals surface area contributed by atoms with Crippen molar-refractivity contribution in [3.05, 3.63) is 58.9 Å². The SMILES string of the molecule is CC1CN(Cc2cccc(C(F)(F)F)c2Cl)CCN1C(=O)Oc1cccnc1. The second-order valence-electron chi connectivity index (χ2n) is 6.61. The highest BCUT2D eigenvalue weighted by molar-refractivity contribution is 6.32. The first-order chi connectivity index (χ1) is 13.3. The number of benzene rings is 1. The molecule has 2 aromatic rings. The predicted octanol–water partition coefficient (Wildman–Crippen LogP) is 4.46. The van der Waals surface area contributed by atoms with Gasteiger partial charge in [-0.1, -0.05) is 23.7 Å². The van der Waals surface area contributed by atoms with Gasteiger partial charge in [-0.25, -0.2) is 4.79 Å². The van der Waals surface area contributed by atoms with Crippen molar-refractivity contribution < 1.29 is 22.7 Å². The van der Waals surface area contributed by atoms with Gasteiger partial charge < -0.3 is 9.64 Å². The van der Waals surface area contributed by atoms with Gasteiger partial charge in [0, 0.05) is 38.4 Å². The van der Waals surface area contributed by atoms with Crippen LogP contribution in [-0.2, 0) is 12.7 Å². The number of ether oxygens (including phenoxy) is 1. The monoisotopic (exact) mass is 413 g/mol. The van der Waals surface area contributed by atoms with Crippen LogP contribution in [0.5, 0.6) is 5.75 Å². The fourth-order valence-electron chi connectivity index (χ4n) is 3.18. The molecule has 0 aliphatic carbocycles. The Bertz CT molecular complexity index is 833. The van der Waals surface area contributed by atoms with Gasteiger partial charge in [0.2, 0.25) is 0 Å². The van der Waals surface area contributed by atoms with E-state index in [4.69, 9.17) is 16.3 Å². The molecule has 1 fully saturated rings. The van der Waals surface area contributed by atoms with Gasteiger partial charge in [0.25, 0.3) is 0 Å². The summed E-state index contributed by atoms with van der Waals surface area (Å²) in [6.07, 6.45) is -1.93. The second-order valence-corrected chi connectivity index (χ2v) is 6.99. The van der Waals surface area contributed by atoms with Crippen molar-refractivity contribution in [1.29, 1.82) is 0 Å². The van der Waals surface area contributed by atoms with Crippen LogP contribution in [0.15, 0.2) is 42.7 Å². The molecule has 0 bridgehead atoms. The molecule has 150 valence electrons. The van der Waals surface area contributed by atoms with Crippen molar-refractivity contribution in [2.75, 3.05) is 19.6 Å². The van der Waals surface area contributed by atoms with Gasteiger partial charge in [0.15, 0.2) is 5.75 Å². The van der Waals surface area contributed by atoms with Crippen LogP contribution in [0.2, 0.25) is 5.02 Å². The highest BCUT2D eigenvalue weighted by atomic mass is 35.5. The van der Waals surface area contributed by atoms with Gasteiger partial charge in [-0.2, -0.15) is 13.2 Å². The quantitative estimate of drug-likeness (QED) is 0.745. The van der Waals surface area contributed by atoms with Gasteiger partial charge in [0.1, 0.15) is 0 Å². The molecule has 5 nitrogen and oxygen atoms in total. The molecule has 1 aromatic heterocycles. The minimum atomic E-state index is -4.49. The van der Waals surface area contributed by atoms with Crippen molar-refractivity contribution in [3.8, 4) is 5.75 Å². The standard InChI is InChI=1S/C19H19ClF3N3O2/c1-13-11-25(12-14-4-2-6-16(17(14)20)19(21,22)23)8-9-26(13)18(27)28-15-5-3-7-24-10-15/h2-7,10,13H,8-9,11-12H2,1H3. The van der Waals surface area contributed by atoms with E-state index < -0.39 is 17.8 Å². The third-order valence-electron chi connectivity index (χ3n) is 4.56. The van der Waals surface area contributed by atoms with E-state index in [1.54, 1.807) is 29.3 Å². The molecule has 1 aliphatic rings. The largest absolute Gasteiger partial charge is 0.417 e. The lowest BCUT2D eigenvalue weighted by atomic mass is 10.1.